The summed E-state index contributed by atoms with van der Waals surface area (Å²) in [5, 5.41) is 3.04. The van der Waals surface area contributed by atoms with Gasteiger partial charge in [-0.3, -0.25) is 4.79 Å². The number of methoxy groups -OCH3 is 1. The zero-order valence-electron chi connectivity index (χ0n) is 11.8. The van der Waals surface area contributed by atoms with E-state index >= 15 is 0 Å². The molecule has 108 valence electrons. The third-order valence-corrected chi connectivity index (χ3v) is 3.42. The Morgan fingerprint density at radius 3 is 2.90 bits per heavy atom. The molecular formula is C16H17N2O3+. The highest BCUT2D eigenvalue weighted by Gasteiger charge is 2.06. The molecule has 3 rings (SSSR count). The molecule has 0 saturated heterocycles. The Morgan fingerprint density at radius 1 is 1.24 bits per heavy atom. The SMILES string of the molecule is COc1ccc2cc(C[NH2+]Cc3ccco3)c(=O)[nH]c2c1. The topological polar surface area (TPSA) is 71.8 Å². The van der Waals surface area contributed by atoms with E-state index in [1.165, 1.54) is 0 Å². The summed E-state index contributed by atoms with van der Waals surface area (Å²) in [4.78, 5) is 15.0. The van der Waals surface area contributed by atoms with Crippen molar-refractivity contribution in [3.8, 4) is 5.75 Å². The Hall–Kier alpha value is -2.53. The minimum absolute atomic E-state index is 0.0635. The van der Waals surface area contributed by atoms with Crippen molar-refractivity contribution in [3.05, 3.63) is 64.3 Å². The number of H-pyrrole nitrogens is 1. The van der Waals surface area contributed by atoms with Crippen LogP contribution < -0.4 is 15.6 Å². The van der Waals surface area contributed by atoms with Crippen molar-refractivity contribution < 1.29 is 14.5 Å². The van der Waals surface area contributed by atoms with Crippen LogP contribution in [0.2, 0.25) is 0 Å². The van der Waals surface area contributed by atoms with E-state index in [1.807, 2.05) is 41.7 Å². The molecule has 21 heavy (non-hydrogen) atoms. The zero-order valence-corrected chi connectivity index (χ0v) is 11.8. The highest BCUT2D eigenvalue weighted by Crippen LogP contribution is 2.18. The number of pyridine rings is 1. The molecule has 0 bridgehead atoms. The average Bonchev–Trinajstić information content (AvgIpc) is 3.00. The van der Waals surface area contributed by atoms with Gasteiger partial charge in [-0.25, -0.2) is 0 Å². The van der Waals surface area contributed by atoms with Gasteiger partial charge >= 0.3 is 0 Å². The molecule has 0 atom stereocenters. The standard InChI is InChI=1S/C16H16N2O3/c1-20-13-5-4-11-7-12(16(19)18-15(11)8-13)9-17-10-14-3-2-6-21-14/h2-8,17H,9-10H2,1H3,(H,18,19)/p+1. The van der Waals surface area contributed by atoms with Gasteiger partial charge in [-0.05, 0) is 35.7 Å². The number of hydrogen-bond acceptors (Lipinski definition) is 3. The molecular weight excluding hydrogens is 268 g/mol. The van der Waals surface area contributed by atoms with Crippen molar-refractivity contribution in [2.45, 2.75) is 13.1 Å². The lowest BCUT2D eigenvalue weighted by Gasteiger charge is -2.05. The van der Waals surface area contributed by atoms with E-state index in [-0.39, 0.29) is 5.56 Å². The largest absolute Gasteiger partial charge is 0.497 e. The van der Waals surface area contributed by atoms with Crippen LogP contribution in [0.25, 0.3) is 10.9 Å². The van der Waals surface area contributed by atoms with Gasteiger partial charge in [0.25, 0.3) is 5.56 Å². The summed E-state index contributed by atoms with van der Waals surface area (Å²) in [5.41, 5.74) is 1.47. The van der Waals surface area contributed by atoms with Crippen molar-refractivity contribution in [1.29, 1.82) is 0 Å². The number of furan rings is 1. The lowest BCUT2D eigenvalue weighted by Crippen LogP contribution is -2.81. The molecule has 0 unspecified atom stereocenters. The van der Waals surface area contributed by atoms with Crippen LogP contribution in [0, 0.1) is 0 Å². The van der Waals surface area contributed by atoms with E-state index in [1.54, 1.807) is 13.4 Å². The molecule has 1 aromatic carbocycles. The number of aromatic nitrogens is 1. The molecule has 0 amide bonds. The molecule has 0 fully saturated rings. The maximum atomic E-state index is 12.1. The fraction of sp³-hybridized carbons (Fsp3) is 0.188. The van der Waals surface area contributed by atoms with Crippen LogP contribution in [-0.2, 0) is 13.1 Å². The van der Waals surface area contributed by atoms with E-state index in [0.29, 0.717) is 13.1 Å². The van der Waals surface area contributed by atoms with Crippen LogP contribution in [0.5, 0.6) is 5.75 Å². The summed E-state index contributed by atoms with van der Waals surface area (Å²) in [6.45, 7) is 1.32. The minimum atomic E-state index is -0.0635. The monoisotopic (exact) mass is 285 g/mol. The van der Waals surface area contributed by atoms with Crippen LogP contribution in [0.3, 0.4) is 0 Å². The normalized spacial score (nSPS) is 10.9. The van der Waals surface area contributed by atoms with Gasteiger partial charge in [0.15, 0.2) is 5.76 Å². The number of nitrogens with two attached hydrogens (primary N) is 1. The molecule has 5 nitrogen and oxygen atoms in total. The average molecular weight is 285 g/mol. The van der Waals surface area contributed by atoms with Crippen LogP contribution in [0.1, 0.15) is 11.3 Å². The second-order valence-electron chi connectivity index (χ2n) is 4.85. The smallest absolute Gasteiger partial charge is 0.257 e. The van der Waals surface area contributed by atoms with Gasteiger partial charge in [0.1, 0.15) is 18.8 Å². The first kappa shape index (κ1) is 13.5. The number of rotatable bonds is 5. The van der Waals surface area contributed by atoms with E-state index in [0.717, 1.165) is 28.0 Å². The Labute approximate surface area is 121 Å². The van der Waals surface area contributed by atoms with Gasteiger partial charge < -0.3 is 19.5 Å². The molecule has 0 saturated carbocycles. The Kier molecular flexibility index (Phi) is 3.75. The third-order valence-electron chi connectivity index (χ3n) is 3.42. The van der Waals surface area contributed by atoms with Gasteiger partial charge in [-0.1, -0.05) is 0 Å². The molecule has 5 heteroatoms. The molecule has 0 spiro atoms. The lowest BCUT2D eigenvalue weighted by molar-refractivity contribution is -0.688. The third kappa shape index (κ3) is 2.98. The molecule has 0 aliphatic carbocycles. The van der Waals surface area contributed by atoms with Crippen molar-refractivity contribution >= 4 is 10.9 Å². The summed E-state index contributed by atoms with van der Waals surface area (Å²) in [6.07, 6.45) is 1.65. The van der Waals surface area contributed by atoms with Crippen molar-refractivity contribution in [1.82, 2.24) is 4.98 Å². The summed E-state index contributed by atoms with van der Waals surface area (Å²) in [6, 6.07) is 11.4. The first-order valence-electron chi connectivity index (χ1n) is 6.80. The number of ether oxygens (including phenoxy) is 1. The van der Waals surface area contributed by atoms with E-state index in [4.69, 9.17) is 9.15 Å². The van der Waals surface area contributed by atoms with E-state index < -0.39 is 0 Å². The van der Waals surface area contributed by atoms with Crippen molar-refractivity contribution in [2.75, 3.05) is 7.11 Å². The maximum Gasteiger partial charge on any atom is 0.257 e. The highest BCUT2D eigenvalue weighted by molar-refractivity contribution is 5.80. The molecule has 0 aliphatic heterocycles. The number of aromatic amines is 1. The molecule has 2 aromatic heterocycles. The fourth-order valence-electron chi connectivity index (χ4n) is 2.30. The number of quaternary nitrogens is 1. The van der Waals surface area contributed by atoms with Gasteiger partial charge in [-0.15, -0.1) is 0 Å². The second kappa shape index (κ2) is 5.85. The maximum absolute atomic E-state index is 12.1. The van der Waals surface area contributed by atoms with Gasteiger partial charge in [-0.2, -0.15) is 0 Å². The highest BCUT2D eigenvalue weighted by atomic mass is 16.5. The fourth-order valence-corrected chi connectivity index (χ4v) is 2.30. The number of benzene rings is 1. The summed E-state index contributed by atoms with van der Waals surface area (Å²) in [5.74, 6) is 1.63. The van der Waals surface area contributed by atoms with Crippen molar-refractivity contribution in [3.63, 3.8) is 0 Å². The van der Waals surface area contributed by atoms with Crippen LogP contribution in [0.4, 0.5) is 0 Å². The Bertz CT molecular complexity index is 791. The molecule has 0 aliphatic rings. The molecule has 2 heterocycles. The van der Waals surface area contributed by atoms with E-state index in [2.05, 4.69) is 4.98 Å². The Balaban J connectivity index is 1.79. The lowest BCUT2D eigenvalue weighted by atomic mass is 10.1. The van der Waals surface area contributed by atoms with Gasteiger partial charge in [0.2, 0.25) is 0 Å². The predicted molar refractivity (Wildman–Crippen MR) is 79.2 cm³/mol. The van der Waals surface area contributed by atoms with Crippen molar-refractivity contribution in [2.24, 2.45) is 0 Å². The molecule has 3 N–H and O–H groups in total. The summed E-state index contributed by atoms with van der Waals surface area (Å²) in [7, 11) is 1.61. The second-order valence-corrected chi connectivity index (χ2v) is 4.85. The van der Waals surface area contributed by atoms with Crippen LogP contribution >= 0.6 is 0 Å². The van der Waals surface area contributed by atoms with Crippen LogP contribution in [0.15, 0.2) is 51.9 Å². The minimum Gasteiger partial charge on any atom is -0.497 e. The van der Waals surface area contributed by atoms with Crippen LogP contribution in [-0.4, -0.2) is 12.1 Å². The number of hydrogen-bond donors (Lipinski definition) is 2. The van der Waals surface area contributed by atoms with Gasteiger partial charge in [0, 0.05) is 6.07 Å². The van der Waals surface area contributed by atoms with E-state index in [9.17, 15) is 4.79 Å². The van der Waals surface area contributed by atoms with Gasteiger partial charge in [0.05, 0.1) is 24.5 Å². The molecule has 3 aromatic rings. The number of fused-ring (bicyclic) bond motifs is 1. The summed E-state index contributed by atoms with van der Waals surface area (Å²) >= 11 is 0. The number of nitrogens with one attached hydrogen (secondary N) is 1. The zero-order chi connectivity index (χ0) is 14.7. The first-order valence-corrected chi connectivity index (χ1v) is 6.80. The quantitative estimate of drug-likeness (QED) is 0.744. The summed E-state index contributed by atoms with van der Waals surface area (Å²) < 4.78 is 10.4. The predicted octanol–water partition coefficient (Wildman–Crippen LogP) is 1.39. The molecule has 0 radical (unpaired) electrons. The Morgan fingerprint density at radius 2 is 2.14 bits per heavy atom. The first-order chi connectivity index (χ1) is 10.3.